The summed E-state index contributed by atoms with van der Waals surface area (Å²) in [5.74, 6) is -0.345. The molecule has 134 valence electrons. The number of unbranched alkanes of at least 4 members (excludes halogenated alkanes) is 1. The molecule has 3 amide bonds. The maximum absolute atomic E-state index is 11.9. The fraction of sp³-hybridized carbons (Fsp3) is 0.438. The summed E-state index contributed by atoms with van der Waals surface area (Å²) in [6, 6.07) is 5.45. The highest BCUT2D eigenvalue weighted by Gasteiger charge is 2.15. The molecule has 25 heavy (non-hydrogen) atoms. The Balaban J connectivity index is 1.96. The number of rotatable bonds is 7. The zero-order valence-corrected chi connectivity index (χ0v) is 15.4. The van der Waals surface area contributed by atoms with Gasteiger partial charge in [-0.3, -0.25) is 10.1 Å². The molecule has 0 spiro atoms. The smallest absolute Gasteiger partial charge is 0.321 e. The van der Waals surface area contributed by atoms with Gasteiger partial charge in [0.1, 0.15) is 0 Å². The van der Waals surface area contributed by atoms with Crippen LogP contribution in [0.2, 0.25) is 0 Å². The molecule has 0 unspecified atom stereocenters. The molecule has 0 radical (unpaired) electrons. The number of carbonyl (C=O) groups is 2. The van der Waals surface area contributed by atoms with Crippen LogP contribution >= 0.6 is 11.8 Å². The largest absolute Gasteiger partial charge is 0.338 e. The van der Waals surface area contributed by atoms with Gasteiger partial charge in [-0.15, -0.1) is 5.10 Å². The van der Waals surface area contributed by atoms with E-state index in [2.05, 4.69) is 26.2 Å². The van der Waals surface area contributed by atoms with Crippen LogP contribution in [0.4, 0.5) is 4.79 Å². The molecular formula is C16H22N6O2S. The van der Waals surface area contributed by atoms with Crippen LogP contribution in [0.1, 0.15) is 30.9 Å². The highest BCUT2D eigenvalue weighted by Crippen LogP contribution is 2.23. The molecule has 0 aliphatic carbocycles. The molecule has 9 heteroatoms. The molecule has 0 fully saturated rings. The Hall–Kier alpha value is -2.42. The Bertz CT molecular complexity index is 726. The van der Waals surface area contributed by atoms with E-state index in [9.17, 15) is 9.59 Å². The molecule has 0 saturated carbocycles. The number of tetrazole rings is 1. The third-order valence-corrected chi connectivity index (χ3v) is 4.41. The van der Waals surface area contributed by atoms with E-state index >= 15 is 0 Å². The van der Waals surface area contributed by atoms with Gasteiger partial charge in [-0.1, -0.05) is 43.3 Å². The van der Waals surface area contributed by atoms with Crippen molar-refractivity contribution in [2.75, 3.05) is 12.3 Å². The molecule has 0 aliphatic rings. The third-order valence-electron chi connectivity index (χ3n) is 3.49. The number of imide groups is 1. The maximum atomic E-state index is 11.9. The molecule has 1 aromatic carbocycles. The number of nitrogens with zero attached hydrogens (tertiary/aromatic N) is 4. The Morgan fingerprint density at radius 2 is 1.96 bits per heavy atom. The van der Waals surface area contributed by atoms with E-state index in [-0.39, 0.29) is 5.75 Å². The zero-order chi connectivity index (χ0) is 18.2. The molecule has 1 aromatic heterocycles. The number of aryl methyl sites for hydroxylation is 2. The lowest BCUT2D eigenvalue weighted by atomic mass is 10.1. The quantitative estimate of drug-likeness (QED) is 0.577. The van der Waals surface area contributed by atoms with E-state index < -0.39 is 11.9 Å². The topological polar surface area (TPSA) is 102 Å². The predicted molar refractivity (Wildman–Crippen MR) is 95.8 cm³/mol. The second kappa shape index (κ2) is 9.16. The van der Waals surface area contributed by atoms with Gasteiger partial charge in [-0.25, -0.2) is 4.79 Å². The van der Waals surface area contributed by atoms with Gasteiger partial charge in [0.15, 0.2) is 0 Å². The number of amides is 3. The lowest BCUT2D eigenvalue weighted by molar-refractivity contribution is -0.117. The van der Waals surface area contributed by atoms with E-state index in [1.54, 1.807) is 4.68 Å². The zero-order valence-electron chi connectivity index (χ0n) is 14.6. The van der Waals surface area contributed by atoms with Crippen molar-refractivity contribution in [2.45, 2.75) is 38.8 Å². The summed E-state index contributed by atoms with van der Waals surface area (Å²) in [6.07, 6.45) is 1.85. The highest BCUT2D eigenvalue weighted by molar-refractivity contribution is 7.99. The molecule has 0 atom stereocenters. The lowest BCUT2D eigenvalue weighted by Gasteiger charge is -2.10. The average molecular weight is 362 g/mol. The standard InChI is InChI=1S/C16H22N6O2S/c1-4-5-9-17-15(24)18-13(23)10-25-16-19-20-21-22(16)14-11(2)7-6-8-12(14)3/h6-8H,4-5,9-10H2,1-3H3,(H2,17,18,23,24). The first kappa shape index (κ1) is 18.9. The number of hydrogen-bond donors (Lipinski definition) is 2. The number of carbonyl (C=O) groups excluding carboxylic acids is 2. The number of urea groups is 1. The minimum atomic E-state index is -0.478. The van der Waals surface area contributed by atoms with Crippen molar-refractivity contribution in [1.82, 2.24) is 30.8 Å². The minimum absolute atomic E-state index is 0.0481. The number of benzene rings is 1. The molecule has 1 heterocycles. The van der Waals surface area contributed by atoms with Crippen LogP contribution in [0.25, 0.3) is 5.69 Å². The summed E-state index contributed by atoms with van der Waals surface area (Å²) in [7, 11) is 0. The second-order valence-corrected chi connectivity index (χ2v) is 6.50. The summed E-state index contributed by atoms with van der Waals surface area (Å²) in [4.78, 5) is 23.5. The van der Waals surface area contributed by atoms with Gasteiger partial charge in [0.2, 0.25) is 11.1 Å². The van der Waals surface area contributed by atoms with Crippen molar-refractivity contribution < 1.29 is 9.59 Å². The Kier molecular flexibility index (Phi) is 6.93. The number of nitrogens with one attached hydrogen (secondary N) is 2. The van der Waals surface area contributed by atoms with Crippen LogP contribution in [0.15, 0.2) is 23.4 Å². The summed E-state index contributed by atoms with van der Waals surface area (Å²) in [5, 5.41) is 17.1. The van der Waals surface area contributed by atoms with Gasteiger partial charge < -0.3 is 5.32 Å². The first-order chi connectivity index (χ1) is 12.0. The fourth-order valence-corrected chi connectivity index (χ4v) is 2.94. The van der Waals surface area contributed by atoms with Gasteiger partial charge in [0.05, 0.1) is 11.4 Å². The van der Waals surface area contributed by atoms with Crippen LogP contribution in [-0.2, 0) is 4.79 Å². The molecule has 0 bridgehead atoms. The first-order valence-corrected chi connectivity index (χ1v) is 9.07. The van der Waals surface area contributed by atoms with Crippen molar-refractivity contribution in [2.24, 2.45) is 0 Å². The van der Waals surface area contributed by atoms with Crippen molar-refractivity contribution in [3.8, 4) is 5.69 Å². The number of thioether (sulfide) groups is 1. The Morgan fingerprint density at radius 3 is 2.64 bits per heavy atom. The molecule has 2 aromatic rings. The molecule has 2 N–H and O–H groups in total. The maximum Gasteiger partial charge on any atom is 0.321 e. The third kappa shape index (κ3) is 5.28. The summed E-state index contributed by atoms with van der Waals surface area (Å²) in [5.41, 5.74) is 2.97. The number of para-hydroxylation sites is 1. The van der Waals surface area contributed by atoms with Gasteiger partial charge in [0.25, 0.3) is 0 Å². The molecule has 0 saturated heterocycles. The molecule has 8 nitrogen and oxygen atoms in total. The predicted octanol–water partition coefficient (Wildman–Crippen LogP) is 2.00. The fourth-order valence-electron chi connectivity index (χ4n) is 2.26. The lowest BCUT2D eigenvalue weighted by Crippen LogP contribution is -2.40. The summed E-state index contributed by atoms with van der Waals surface area (Å²) < 4.78 is 1.62. The monoisotopic (exact) mass is 362 g/mol. The molecular weight excluding hydrogens is 340 g/mol. The second-order valence-electron chi connectivity index (χ2n) is 5.56. The number of aromatic nitrogens is 4. The van der Waals surface area contributed by atoms with Crippen LogP contribution in [0, 0.1) is 13.8 Å². The van der Waals surface area contributed by atoms with Gasteiger partial charge in [-0.05, 0) is 41.8 Å². The Morgan fingerprint density at radius 1 is 1.24 bits per heavy atom. The Labute approximate surface area is 150 Å². The number of hydrogen-bond acceptors (Lipinski definition) is 6. The molecule has 0 aliphatic heterocycles. The van der Waals surface area contributed by atoms with E-state index in [0.29, 0.717) is 11.7 Å². The summed E-state index contributed by atoms with van der Waals surface area (Å²) in [6.45, 7) is 6.53. The minimum Gasteiger partial charge on any atom is -0.338 e. The van der Waals surface area contributed by atoms with E-state index in [4.69, 9.17) is 0 Å². The van der Waals surface area contributed by atoms with E-state index in [1.165, 1.54) is 11.8 Å². The van der Waals surface area contributed by atoms with E-state index in [1.807, 2.05) is 39.0 Å². The molecule has 2 rings (SSSR count). The van der Waals surface area contributed by atoms with Gasteiger partial charge >= 0.3 is 6.03 Å². The van der Waals surface area contributed by atoms with Crippen molar-refractivity contribution in [1.29, 1.82) is 0 Å². The van der Waals surface area contributed by atoms with Gasteiger partial charge in [-0.2, -0.15) is 4.68 Å². The van der Waals surface area contributed by atoms with Gasteiger partial charge in [0, 0.05) is 6.54 Å². The van der Waals surface area contributed by atoms with Crippen molar-refractivity contribution >= 4 is 23.7 Å². The van der Waals surface area contributed by atoms with Crippen molar-refractivity contribution in [3.05, 3.63) is 29.3 Å². The van der Waals surface area contributed by atoms with Crippen LogP contribution in [-0.4, -0.2) is 44.4 Å². The normalized spacial score (nSPS) is 10.5. The first-order valence-electron chi connectivity index (χ1n) is 8.08. The SMILES string of the molecule is CCCCNC(=O)NC(=O)CSc1nnnn1-c1c(C)cccc1C. The van der Waals surface area contributed by atoms with Crippen LogP contribution in [0.5, 0.6) is 0 Å². The van der Waals surface area contributed by atoms with Crippen molar-refractivity contribution in [3.63, 3.8) is 0 Å². The average Bonchev–Trinajstić information content (AvgIpc) is 3.01. The van der Waals surface area contributed by atoms with Crippen LogP contribution in [0.3, 0.4) is 0 Å². The van der Waals surface area contributed by atoms with Crippen LogP contribution < -0.4 is 10.6 Å². The summed E-state index contributed by atoms with van der Waals surface area (Å²) >= 11 is 1.18. The highest BCUT2D eigenvalue weighted by atomic mass is 32.2. The van der Waals surface area contributed by atoms with E-state index in [0.717, 1.165) is 29.7 Å².